The summed E-state index contributed by atoms with van der Waals surface area (Å²) < 4.78 is 4.95. The van der Waals surface area contributed by atoms with Crippen LogP contribution in [0.2, 0.25) is 5.02 Å². The number of esters is 1. The Balaban J connectivity index is 1.69. The van der Waals surface area contributed by atoms with Crippen molar-refractivity contribution in [2.24, 2.45) is 0 Å². The van der Waals surface area contributed by atoms with Crippen molar-refractivity contribution in [3.05, 3.63) is 88.5 Å². The molecule has 7 nitrogen and oxygen atoms in total. The Kier molecular flexibility index (Phi) is 6.31. The summed E-state index contributed by atoms with van der Waals surface area (Å²) >= 11 is 6.02. The molecule has 8 heteroatoms. The molecule has 1 aromatic heterocycles. The smallest absolute Gasteiger partial charge is 0.359 e. The molecule has 2 aromatic carbocycles. The minimum absolute atomic E-state index is 0.00478. The van der Waals surface area contributed by atoms with Gasteiger partial charge in [0.25, 0.3) is 5.91 Å². The van der Waals surface area contributed by atoms with Gasteiger partial charge in [-0.2, -0.15) is 0 Å². The van der Waals surface area contributed by atoms with Crippen molar-refractivity contribution in [2.75, 3.05) is 11.9 Å². The molecular formula is C21H16ClN3O4. The monoisotopic (exact) mass is 409 g/mol. The van der Waals surface area contributed by atoms with Crippen LogP contribution in [0.1, 0.15) is 32.1 Å². The van der Waals surface area contributed by atoms with E-state index >= 15 is 0 Å². The van der Waals surface area contributed by atoms with Crippen LogP contribution in [0.5, 0.6) is 0 Å². The second-order valence-electron chi connectivity index (χ2n) is 6.05. The molecule has 0 spiro atoms. The minimum atomic E-state index is -0.774. The summed E-state index contributed by atoms with van der Waals surface area (Å²) in [5, 5.41) is 2.93. The molecule has 3 rings (SSSR count). The normalized spacial score (nSPS) is 10.3. The molecule has 146 valence electrons. The van der Waals surface area contributed by atoms with E-state index in [0.29, 0.717) is 16.3 Å². The second kappa shape index (κ2) is 9.07. The lowest BCUT2D eigenvalue weighted by atomic mass is 10.0. The van der Waals surface area contributed by atoms with Crippen LogP contribution < -0.4 is 5.32 Å². The number of hydrogen-bond acceptors (Lipinski definition) is 6. The quantitative estimate of drug-likeness (QED) is 0.494. The summed E-state index contributed by atoms with van der Waals surface area (Å²) in [6.07, 6.45) is 2.69. The highest BCUT2D eigenvalue weighted by atomic mass is 35.5. The van der Waals surface area contributed by atoms with Gasteiger partial charge in [-0.15, -0.1) is 0 Å². The molecule has 1 heterocycles. The predicted octanol–water partition coefficient (Wildman–Crippen LogP) is 3.46. The topological polar surface area (TPSA) is 98.2 Å². The van der Waals surface area contributed by atoms with Gasteiger partial charge in [-0.1, -0.05) is 41.9 Å². The molecule has 0 bridgehead atoms. The number of aryl methyl sites for hydroxylation is 1. The number of halogens is 1. The maximum Gasteiger partial charge on any atom is 0.359 e. The number of rotatable bonds is 6. The van der Waals surface area contributed by atoms with Crippen molar-refractivity contribution in [3.63, 3.8) is 0 Å². The molecule has 0 aliphatic rings. The molecule has 29 heavy (non-hydrogen) atoms. The molecule has 0 fully saturated rings. The van der Waals surface area contributed by atoms with Crippen LogP contribution in [-0.2, 0) is 9.53 Å². The molecule has 0 atom stereocenters. The number of carbonyl (C=O) groups excluding carboxylic acids is 3. The lowest BCUT2D eigenvalue weighted by Gasteiger charge is -2.11. The van der Waals surface area contributed by atoms with Crippen molar-refractivity contribution in [2.45, 2.75) is 6.92 Å². The fraction of sp³-hybridized carbons (Fsp3) is 0.0952. The Bertz CT molecular complexity index is 1050. The van der Waals surface area contributed by atoms with Gasteiger partial charge < -0.3 is 10.1 Å². The fourth-order valence-electron chi connectivity index (χ4n) is 2.45. The number of nitrogens with one attached hydrogen (secondary N) is 1. The largest absolute Gasteiger partial charge is 0.451 e. The lowest BCUT2D eigenvalue weighted by molar-refractivity contribution is -0.119. The van der Waals surface area contributed by atoms with E-state index in [1.54, 1.807) is 43.3 Å². The first-order valence-corrected chi connectivity index (χ1v) is 8.97. The van der Waals surface area contributed by atoms with Crippen molar-refractivity contribution in [3.8, 4) is 0 Å². The third-order valence-corrected chi connectivity index (χ3v) is 4.10. The van der Waals surface area contributed by atoms with Gasteiger partial charge in [0.1, 0.15) is 0 Å². The summed E-state index contributed by atoms with van der Waals surface area (Å²) in [5.74, 6) is -1.68. The summed E-state index contributed by atoms with van der Waals surface area (Å²) in [6, 6.07) is 13.1. The van der Waals surface area contributed by atoms with Crippen LogP contribution in [0.3, 0.4) is 0 Å². The van der Waals surface area contributed by atoms with E-state index in [2.05, 4.69) is 15.3 Å². The second-order valence-corrected chi connectivity index (χ2v) is 6.49. The van der Waals surface area contributed by atoms with Crippen LogP contribution in [0, 0.1) is 6.92 Å². The summed E-state index contributed by atoms with van der Waals surface area (Å²) in [6.45, 7) is 1.19. The Morgan fingerprint density at radius 2 is 1.79 bits per heavy atom. The Morgan fingerprint density at radius 1 is 1.03 bits per heavy atom. The first-order chi connectivity index (χ1) is 13.9. The summed E-state index contributed by atoms with van der Waals surface area (Å²) in [4.78, 5) is 44.8. The van der Waals surface area contributed by atoms with E-state index in [1.807, 2.05) is 0 Å². The highest BCUT2D eigenvalue weighted by molar-refractivity contribution is 6.31. The first kappa shape index (κ1) is 20.2. The molecule has 1 N–H and O–H groups in total. The maximum absolute atomic E-state index is 12.8. The standard InChI is InChI=1S/C21H16ClN3O4/c1-13-10-24-18(11-23-13)21(28)29-12-19(26)25-17-8-7-15(22)9-16(17)20(27)14-5-3-2-4-6-14/h2-11H,12H2,1H3,(H,25,26). The molecule has 0 aliphatic heterocycles. The third-order valence-electron chi connectivity index (χ3n) is 3.86. The zero-order valence-corrected chi connectivity index (χ0v) is 16.1. The molecule has 0 unspecified atom stereocenters. The average Bonchev–Trinajstić information content (AvgIpc) is 2.74. The van der Waals surface area contributed by atoms with Gasteiger partial charge in [-0.05, 0) is 25.1 Å². The molecule has 0 radical (unpaired) electrons. The van der Waals surface area contributed by atoms with Gasteiger partial charge >= 0.3 is 5.97 Å². The number of amides is 1. The maximum atomic E-state index is 12.8. The van der Waals surface area contributed by atoms with Gasteiger partial charge in [0.2, 0.25) is 0 Å². The molecule has 0 aliphatic carbocycles. The van der Waals surface area contributed by atoms with Gasteiger partial charge in [0.15, 0.2) is 18.1 Å². The van der Waals surface area contributed by atoms with Crippen LogP contribution in [0.25, 0.3) is 0 Å². The number of benzene rings is 2. The van der Waals surface area contributed by atoms with Crippen LogP contribution >= 0.6 is 11.6 Å². The van der Waals surface area contributed by atoms with Gasteiger partial charge in [0.05, 0.1) is 17.6 Å². The van der Waals surface area contributed by atoms with Crippen molar-refractivity contribution < 1.29 is 19.1 Å². The number of anilines is 1. The van der Waals surface area contributed by atoms with Crippen molar-refractivity contribution in [1.82, 2.24) is 9.97 Å². The van der Waals surface area contributed by atoms with Crippen LogP contribution in [0.15, 0.2) is 60.9 Å². The number of hydrogen-bond donors (Lipinski definition) is 1. The highest BCUT2D eigenvalue weighted by Crippen LogP contribution is 2.23. The summed E-state index contributed by atoms with van der Waals surface area (Å²) in [7, 11) is 0. The molecular weight excluding hydrogens is 394 g/mol. The van der Waals surface area contributed by atoms with Crippen molar-refractivity contribution >= 4 is 34.9 Å². The first-order valence-electron chi connectivity index (χ1n) is 8.59. The number of aromatic nitrogens is 2. The lowest BCUT2D eigenvalue weighted by Crippen LogP contribution is -2.22. The zero-order chi connectivity index (χ0) is 20.8. The van der Waals surface area contributed by atoms with Crippen molar-refractivity contribution in [1.29, 1.82) is 0 Å². The summed E-state index contributed by atoms with van der Waals surface area (Å²) in [5.41, 5.74) is 1.59. The Hall–Kier alpha value is -3.58. The third kappa shape index (κ3) is 5.24. The van der Waals surface area contributed by atoms with E-state index in [1.165, 1.54) is 24.5 Å². The Labute approximate surface area is 171 Å². The molecule has 0 saturated carbocycles. The molecule has 3 aromatic rings. The van der Waals surface area contributed by atoms with E-state index < -0.39 is 18.5 Å². The predicted molar refractivity (Wildman–Crippen MR) is 107 cm³/mol. The zero-order valence-electron chi connectivity index (χ0n) is 15.4. The van der Waals surface area contributed by atoms with E-state index in [4.69, 9.17) is 16.3 Å². The van der Waals surface area contributed by atoms with E-state index in [-0.39, 0.29) is 22.7 Å². The molecule has 0 saturated heterocycles. The number of carbonyl (C=O) groups is 3. The van der Waals surface area contributed by atoms with Crippen LogP contribution in [0.4, 0.5) is 5.69 Å². The SMILES string of the molecule is Cc1cnc(C(=O)OCC(=O)Nc2ccc(Cl)cc2C(=O)c2ccccc2)cn1. The number of nitrogens with zero attached hydrogens (tertiary/aromatic N) is 2. The fourth-order valence-corrected chi connectivity index (χ4v) is 2.62. The highest BCUT2D eigenvalue weighted by Gasteiger charge is 2.17. The van der Waals surface area contributed by atoms with Gasteiger partial charge in [-0.3, -0.25) is 14.6 Å². The van der Waals surface area contributed by atoms with E-state index in [0.717, 1.165) is 0 Å². The van der Waals surface area contributed by atoms with Crippen LogP contribution in [-0.4, -0.2) is 34.2 Å². The Morgan fingerprint density at radius 3 is 2.48 bits per heavy atom. The van der Waals surface area contributed by atoms with E-state index in [9.17, 15) is 14.4 Å². The minimum Gasteiger partial charge on any atom is -0.451 e. The number of ketones is 1. The van der Waals surface area contributed by atoms with Gasteiger partial charge in [-0.25, -0.2) is 9.78 Å². The van der Waals surface area contributed by atoms with Gasteiger partial charge in [0, 0.05) is 22.3 Å². The molecule has 1 amide bonds. The number of ether oxygens (including phenoxy) is 1. The average molecular weight is 410 g/mol.